The number of nitrogens with zero attached hydrogens (tertiary/aromatic N) is 1. The first-order valence-corrected chi connectivity index (χ1v) is 10.8. The van der Waals surface area contributed by atoms with Crippen molar-refractivity contribution in [2.45, 2.75) is 31.7 Å². The highest BCUT2D eigenvalue weighted by molar-refractivity contribution is 7.89. The SMILES string of the molecule is Cc1ccc(C)c(C(C)NC(=O)c2ccc(S(=O)(=O)N3CCOCC3)cc2)c1. The summed E-state index contributed by atoms with van der Waals surface area (Å²) in [6.45, 7) is 7.46. The Balaban J connectivity index is 1.72. The molecule has 0 bridgehead atoms. The van der Waals surface area contributed by atoms with E-state index in [1.807, 2.05) is 32.9 Å². The van der Waals surface area contributed by atoms with Crippen LogP contribution in [-0.2, 0) is 14.8 Å². The average molecular weight is 403 g/mol. The molecule has 1 saturated heterocycles. The van der Waals surface area contributed by atoms with Crippen LogP contribution in [0.4, 0.5) is 0 Å². The number of benzene rings is 2. The Bertz CT molecular complexity index is 949. The number of ether oxygens (including phenoxy) is 1. The predicted octanol–water partition coefficient (Wildman–Crippen LogP) is 2.82. The van der Waals surface area contributed by atoms with E-state index < -0.39 is 10.0 Å². The van der Waals surface area contributed by atoms with Gasteiger partial charge >= 0.3 is 0 Å². The smallest absolute Gasteiger partial charge is 0.251 e. The van der Waals surface area contributed by atoms with E-state index in [1.165, 1.54) is 16.4 Å². The lowest BCUT2D eigenvalue weighted by atomic mass is 10.00. The zero-order valence-electron chi connectivity index (χ0n) is 16.4. The molecule has 2 aromatic carbocycles. The average Bonchev–Trinajstić information content (AvgIpc) is 2.70. The zero-order chi connectivity index (χ0) is 20.3. The lowest BCUT2D eigenvalue weighted by Crippen LogP contribution is -2.40. The Morgan fingerprint density at radius 2 is 1.71 bits per heavy atom. The number of hydrogen-bond donors (Lipinski definition) is 1. The van der Waals surface area contributed by atoms with Gasteiger partial charge in [-0.1, -0.05) is 23.8 Å². The molecule has 150 valence electrons. The number of nitrogens with one attached hydrogen (secondary N) is 1. The molecular formula is C21H26N2O4S. The summed E-state index contributed by atoms with van der Waals surface area (Å²) in [5.74, 6) is -0.233. The van der Waals surface area contributed by atoms with E-state index >= 15 is 0 Å². The van der Waals surface area contributed by atoms with Crippen LogP contribution in [0.15, 0.2) is 47.4 Å². The maximum absolute atomic E-state index is 12.7. The van der Waals surface area contributed by atoms with Gasteiger partial charge < -0.3 is 10.1 Å². The Morgan fingerprint density at radius 1 is 1.07 bits per heavy atom. The van der Waals surface area contributed by atoms with Gasteiger partial charge in [0, 0.05) is 18.7 Å². The van der Waals surface area contributed by atoms with Crippen molar-refractivity contribution in [3.8, 4) is 0 Å². The van der Waals surface area contributed by atoms with E-state index in [1.54, 1.807) is 12.1 Å². The van der Waals surface area contributed by atoms with Crippen LogP contribution >= 0.6 is 0 Å². The monoisotopic (exact) mass is 402 g/mol. The summed E-state index contributed by atoms with van der Waals surface area (Å²) in [5, 5.41) is 2.99. The quantitative estimate of drug-likeness (QED) is 0.834. The number of rotatable bonds is 5. The van der Waals surface area contributed by atoms with Crippen LogP contribution in [-0.4, -0.2) is 44.9 Å². The summed E-state index contributed by atoms with van der Waals surface area (Å²) in [5.41, 5.74) is 3.75. The lowest BCUT2D eigenvalue weighted by Gasteiger charge is -2.26. The van der Waals surface area contributed by atoms with Gasteiger partial charge in [0.1, 0.15) is 0 Å². The van der Waals surface area contributed by atoms with Crippen molar-refractivity contribution in [3.63, 3.8) is 0 Å². The van der Waals surface area contributed by atoms with Crippen LogP contribution in [0, 0.1) is 13.8 Å². The Hall–Kier alpha value is -2.22. The van der Waals surface area contributed by atoms with E-state index in [2.05, 4.69) is 11.4 Å². The van der Waals surface area contributed by atoms with Crippen LogP contribution in [0.1, 0.15) is 40.0 Å². The number of aryl methyl sites for hydroxylation is 2. The van der Waals surface area contributed by atoms with Crippen LogP contribution in [0.5, 0.6) is 0 Å². The van der Waals surface area contributed by atoms with Gasteiger partial charge in [0.15, 0.2) is 0 Å². The van der Waals surface area contributed by atoms with Crippen LogP contribution in [0.3, 0.4) is 0 Å². The largest absolute Gasteiger partial charge is 0.379 e. The van der Waals surface area contributed by atoms with Crippen molar-refractivity contribution < 1.29 is 17.9 Å². The highest BCUT2D eigenvalue weighted by atomic mass is 32.2. The van der Waals surface area contributed by atoms with E-state index in [9.17, 15) is 13.2 Å². The normalized spacial score (nSPS) is 16.5. The third kappa shape index (κ3) is 4.43. The molecule has 28 heavy (non-hydrogen) atoms. The minimum atomic E-state index is -3.56. The summed E-state index contributed by atoms with van der Waals surface area (Å²) in [7, 11) is -3.56. The van der Waals surface area contributed by atoms with Crippen LogP contribution in [0.2, 0.25) is 0 Å². The molecule has 1 atom stereocenters. The van der Waals surface area contributed by atoms with Crippen molar-refractivity contribution >= 4 is 15.9 Å². The Labute approximate surface area is 166 Å². The third-order valence-corrected chi connectivity index (χ3v) is 6.89. The summed E-state index contributed by atoms with van der Waals surface area (Å²) >= 11 is 0. The van der Waals surface area contributed by atoms with Gasteiger partial charge in [-0.2, -0.15) is 4.31 Å². The fraction of sp³-hybridized carbons (Fsp3) is 0.381. The second-order valence-corrected chi connectivity index (χ2v) is 9.03. The van der Waals surface area contributed by atoms with Crippen molar-refractivity contribution in [2.24, 2.45) is 0 Å². The number of carbonyl (C=O) groups excluding carboxylic acids is 1. The van der Waals surface area contributed by atoms with E-state index in [0.29, 0.717) is 31.9 Å². The number of amides is 1. The maximum Gasteiger partial charge on any atom is 0.251 e. The van der Waals surface area contributed by atoms with Crippen molar-refractivity contribution in [2.75, 3.05) is 26.3 Å². The minimum Gasteiger partial charge on any atom is -0.379 e. The maximum atomic E-state index is 12.7. The van der Waals surface area contributed by atoms with Crippen molar-refractivity contribution in [1.82, 2.24) is 9.62 Å². The molecule has 1 unspecified atom stereocenters. The highest BCUT2D eigenvalue weighted by Crippen LogP contribution is 2.21. The third-order valence-electron chi connectivity index (χ3n) is 4.97. The topological polar surface area (TPSA) is 75.7 Å². The fourth-order valence-corrected chi connectivity index (χ4v) is 4.71. The molecule has 7 heteroatoms. The second kappa shape index (κ2) is 8.43. The molecular weight excluding hydrogens is 376 g/mol. The van der Waals surface area contributed by atoms with E-state index in [-0.39, 0.29) is 16.8 Å². The van der Waals surface area contributed by atoms with Gasteiger partial charge in [-0.15, -0.1) is 0 Å². The Morgan fingerprint density at radius 3 is 2.36 bits per heavy atom. The van der Waals surface area contributed by atoms with Gasteiger partial charge in [-0.05, 0) is 56.2 Å². The Kier molecular flexibility index (Phi) is 6.17. The van der Waals surface area contributed by atoms with Gasteiger partial charge in [0.05, 0.1) is 24.2 Å². The molecule has 2 aromatic rings. The van der Waals surface area contributed by atoms with Gasteiger partial charge in [0.25, 0.3) is 5.91 Å². The molecule has 0 spiro atoms. The minimum absolute atomic E-state index is 0.149. The van der Waals surface area contributed by atoms with Crippen LogP contribution in [0.25, 0.3) is 0 Å². The van der Waals surface area contributed by atoms with Gasteiger partial charge in [-0.25, -0.2) is 8.42 Å². The molecule has 1 fully saturated rings. The highest BCUT2D eigenvalue weighted by Gasteiger charge is 2.26. The summed E-state index contributed by atoms with van der Waals surface area (Å²) in [6.07, 6.45) is 0. The number of carbonyl (C=O) groups is 1. The molecule has 6 nitrogen and oxygen atoms in total. The summed E-state index contributed by atoms with van der Waals surface area (Å²) < 4.78 is 32.0. The van der Waals surface area contributed by atoms with Gasteiger partial charge in [-0.3, -0.25) is 4.79 Å². The molecule has 0 aromatic heterocycles. The predicted molar refractivity (Wildman–Crippen MR) is 108 cm³/mol. The van der Waals surface area contributed by atoms with Crippen molar-refractivity contribution in [1.29, 1.82) is 0 Å². The molecule has 0 saturated carbocycles. The second-order valence-electron chi connectivity index (χ2n) is 7.10. The first kappa shape index (κ1) is 20.5. The molecule has 1 amide bonds. The molecule has 1 aliphatic rings. The molecule has 0 aliphatic carbocycles. The molecule has 0 radical (unpaired) electrons. The molecule has 1 heterocycles. The van der Waals surface area contributed by atoms with Crippen molar-refractivity contribution in [3.05, 3.63) is 64.7 Å². The molecule has 1 aliphatic heterocycles. The fourth-order valence-electron chi connectivity index (χ4n) is 3.30. The number of morpholine rings is 1. The summed E-state index contributed by atoms with van der Waals surface area (Å²) in [6, 6.07) is 12.1. The summed E-state index contributed by atoms with van der Waals surface area (Å²) in [4.78, 5) is 12.8. The number of hydrogen-bond acceptors (Lipinski definition) is 4. The zero-order valence-corrected chi connectivity index (χ0v) is 17.3. The first-order chi connectivity index (χ1) is 13.3. The number of sulfonamides is 1. The van der Waals surface area contributed by atoms with Crippen LogP contribution < -0.4 is 5.32 Å². The molecule has 1 N–H and O–H groups in total. The van der Waals surface area contributed by atoms with E-state index in [0.717, 1.165) is 16.7 Å². The molecule has 3 rings (SSSR count). The first-order valence-electron chi connectivity index (χ1n) is 9.35. The van der Waals surface area contributed by atoms with Gasteiger partial charge in [0.2, 0.25) is 10.0 Å². The van der Waals surface area contributed by atoms with E-state index in [4.69, 9.17) is 4.74 Å². The lowest BCUT2D eigenvalue weighted by molar-refractivity contribution is 0.0730. The standard InChI is InChI=1S/C21H26N2O4S/c1-15-4-5-16(2)20(14-15)17(3)22-21(24)18-6-8-19(9-7-18)28(25,26)23-10-12-27-13-11-23/h4-9,14,17H,10-13H2,1-3H3,(H,22,24).